The van der Waals surface area contributed by atoms with Crippen LogP contribution in [0.25, 0.3) is 0 Å². The number of ether oxygens (including phenoxy) is 1. The SMILES string of the molecule is CC12CC[C@H]3[C@@H](CCC4(O)C[C@H](O)CCC34CN=Nc3ccccc3)C1(O)CCC2C1=CC(=O)OC1. The maximum absolute atomic E-state index is 12.5. The molecule has 1 aromatic rings. The monoisotopic (exact) mass is 494 g/mol. The van der Waals surface area contributed by atoms with Gasteiger partial charge in [0.15, 0.2) is 0 Å². The molecular formula is C29H38N2O5. The summed E-state index contributed by atoms with van der Waals surface area (Å²) in [6.45, 7) is 2.94. The highest BCUT2D eigenvalue weighted by Gasteiger charge is 2.71. The number of carbonyl (C=O) groups is 1. The molecule has 4 aliphatic carbocycles. The molecule has 0 aromatic heterocycles. The topological polar surface area (TPSA) is 112 Å². The van der Waals surface area contributed by atoms with Crippen LogP contribution >= 0.6 is 0 Å². The minimum Gasteiger partial charge on any atom is -0.458 e. The van der Waals surface area contributed by atoms with Gasteiger partial charge in [-0.25, -0.2) is 4.79 Å². The molecule has 1 heterocycles. The molecule has 7 nitrogen and oxygen atoms in total. The minimum absolute atomic E-state index is 0.0438. The number of hydrogen-bond donors (Lipinski definition) is 3. The van der Waals surface area contributed by atoms with E-state index in [1.54, 1.807) is 6.08 Å². The number of aliphatic hydroxyl groups excluding tert-OH is 1. The highest BCUT2D eigenvalue weighted by atomic mass is 16.5. The second-order valence-corrected chi connectivity index (χ2v) is 12.4. The summed E-state index contributed by atoms with van der Waals surface area (Å²) in [5.41, 5.74) is -0.919. The fourth-order valence-electron chi connectivity index (χ4n) is 9.25. The third kappa shape index (κ3) is 3.38. The molecule has 4 fully saturated rings. The van der Waals surface area contributed by atoms with Crippen molar-refractivity contribution in [2.75, 3.05) is 13.2 Å². The molecule has 5 aliphatic rings. The van der Waals surface area contributed by atoms with Crippen molar-refractivity contribution in [3.8, 4) is 0 Å². The number of azo groups is 1. The van der Waals surface area contributed by atoms with Gasteiger partial charge in [0.05, 0.1) is 29.5 Å². The van der Waals surface area contributed by atoms with Crippen molar-refractivity contribution in [1.29, 1.82) is 0 Å². The normalized spacial score (nSPS) is 46.1. The summed E-state index contributed by atoms with van der Waals surface area (Å²) < 4.78 is 5.24. The summed E-state index contributed by atoms with van der Waals surface area (Å²) in [5, 5.41) is 44.2. The van der Waals surface area contributed by atoms with Crippen LogP contribution in [0.15, 0.2) is 52.2 Å². The van der Waals surface area contributed by atoms with E-state index in [-0.39, 0.29) is 29.1 Å². The van der Waals surface area contributed by atoms with Crippen molar-refractivity contribution in [3.05, 3.63) is 42.0 Å². The number of hydrogen-bond acceptors (Lipinski definition) is 7. The number of esters is 1. The Kier molecular flexibility index (Phi) is 5.71. The number of nitrogens with zero attached hydrogens (tertiary/aromatic N) is 2. The van der Waals surface area contributed by atoms with Gasteiger partial charge in [-0.15, -0.1) is 0 Å². The van der Waals surface area contributed by atoms with E-state index < -0.39 is 22.7 Å². The molecule has 6 rings (SSSR count). The van der Waals surface area contributed by atoms with E-state index in [2.05, 4.69) is 17.2 Å². The van der Waals surface area contributed by atoms with E-state index in [9.17, 15) is 20.1 Å². The number of carbonyl (C=O) groups excluding carboxylic acids is 1. The van der Waals surface area contributed by atoms with E-state index in [4.69, 9.17) is 4.74 Å². The van der Waals surface area contributed by atoms with Crippen LogP contribution < -0.4 is 0 Å². The quantitative estimate of drug-likeness (QED) is 0.422. The van der Waals surface area contributed by atoms with Gasteiger partial charge in [0.1, 0.15) is 6.61 Å². The van der Waals surface area contributed by atoms with Gasteiger partial charge >= 0.3 is 5.97 Å². The van der Waals surface area contributed by atoms with Gasteiger partial charge in [-0.3, -0.25) is 0 Å². The van der Waals surface area contributed by atoms with E-state index >= 15 is 0 Å². The highest BCUT2D eigenvalue weighted by molar-refractivity contribution is 5.85. The molecular weight excluding hydrogens is 456 g/mol. The maximum atomic E-state index is 12.5. The third-order valence-electron chi connectivity index (χ3n) is 11.1. The first-order chi connectivity index (χ1) is 17.2. The van der Waals surface area contributed by atoms with Crippen LogP contribution in [0.4, 0.5) is 5.69 Å². The Morgan fingerprint density at radius 3 is 2.53 bits per heavy atom. The van der Waals surface area contributed by atoms with Gasteiger partial charge in [0, 0.05) is 23.3 Å². The van der Waals surface area contributed by atoms with Gasteiger partial charge < -0.3 is 20.1 Å². The largest absolute Gasteiger partial charge is 0.458 e. The lowest BCUT2D eigenvalue weighted by atomic mass is 9.41. The third-order valence-corrected chi connectivity index (χ3v) is 11.1. The summed E-state index contributed by atoms with van der Waals surface area (Å²) >= 11 is 0. The summed E-state index contributed by atoms with van der Waals surface area (Å²) in [4.78, 5) is 11.8. The first-order valence-electron chi connectivity index (χ1n) is 13.6. The zero-order valence-electron chi connectivity index (χ0n) is 21.1. The molecule has 0 spiro atoms. The van der Waals surface area contributed by atoms with Crippen LogP contribution in [0, 0.1) is 28.6 Å². The second kappa shape index (κ2) is 8.47. The Labute approximate surface area is 212 Å². The fraction of sp³-hybridized carbons (Fsp3) is 0.690. The molecule has 3 N–H and O–H groups in total. The Hall–Kier alpha value is -2.09. The summed E-state index contributed by atoms with van der Waals surface area (Å²) in [6, 6.07) is 9.65. The van der Waals surface area contributed by atoms with Crippen molar-refractivity contribution >= 4 is 11.7 Å². The average Bonchev–Trinajstić information content (AvgIpc) is 3.40. The van der Waals surface area contributed by atoms with Crippen LogP contribution in [0.1, 0.15) is 64.7 Å². The average molecular weight is 495 g/mol. The lowest BCUT2D eigenvalue weighted by Gasteiger charge is -2.66. The van der Waals surface area contributed by atoms with Crippen LogP contribution in [0.5, 0.6) is 0 Å². The smallest absolute Gasteiger partial charge is 0.331 e. The molecule has 7 heteroatoms. The lowest BCUT2D eigenvalue weighted by Crippen LogP contribution is -2.69. The molecule has 0 radical (unpaired) electrons. The van der Waals surface area contributed by atoms with E-state index in [0.29, 0.717) is 45.3 Å². The number of aliphatic hydroxyl groups is 3. The van der Waals surface area contributed by atoms with Gasteiger partial charge in [0.25, 0.3) is 0 Å². The first-order valence-corrected chi connectivity index (χ1v) is 13.6. The van der Waals surface area contributed by atoms with E-state index in [1.807, 2.05) is 30.3 Å². The zero-order chi connectivity index (χ0) is 25.2. The number of fused-ring (bicyclic) bond motifs is 5. The number of rotatable bonds is 4. The Morgan fingerprint density at radius 2 is 1.78 bits per heavy atom. The van der Waals surface area contributed by atoms with Crippen LogP contribution in [0.2, 0.25) is 0 Å². The standard InChI is InChI=1S/C29H38N2O5/c1-26-11-8-23-24(29(26,35)14-10-22(26)19-15-25(33)36-17-19)9-13-28(34)16-21(32)7-12-27(23,28)18-30-31-20-5-3-2-4-6-20/h2-6,15,21-24,32,34-35H,7-14,16-18H2,1H3/t21-,22?,23+,24-,26?,27?,28?,29?/m1/s1. The Morgan fingerprint density at radius 1 is 1.00 bits per heavy atom. The van der Waals surface area contributed by atoms with Gasteiger partial charge in [-0.2, -0.15) is 10.2 Å². The van der Waals surface area contributed by atoms with Crippen molar-refractivity contribution in [2.45, 2.75) is 82.0 Å². The molecule has 0 saturated heterocycles. The molecule has 1 aromatic carbocycles. The summed E-state index contributed by atoms with van der Waals surface area (Å²) in [7, 11) is 0. The summed E-state index contributed by atoms with van der Waals surface area (Å²) in [5.74, 6) is 0.00890. The van der Waals surface area contributed by atoms with Crippen molar-refractivity contribution < 1.29 is 24.9 Å². The molecule has 36 heavy (non-hydrogen) atoms. The molecule has 0 bridgehead atoms. The molecule has 0 amide bonds. The summed E-state index contributed by atoms with van der Waals surface area (Å²) in [6.07, 6.45) is 7.37. The molecule has 5 unspecified atom stereocenters. The van der Waals surface area contributed by atoms with Gasteiger partial charge in [-0.1, -0.05) is 25.1 Å². The van der Waals surface area contributed by atoms with E-state index in [0.717, 1.165) is 36.9 Å². The van der Waals surface area contributed by atoms with Crippen LogP contribution in [-0.2, 0) is 9.53 Å². The maximum Gasteiger partial charge on any atom is 0.331 e. The lowest BCUT2D eigenvalue weighted by molar-refractivity contribution is -0.257. The predicted molar refractivity (Wildman–Crippen MR) is 133 cm³/mol. The molecule has 1 aliphatic heterocycles. The minimum atomic E-state index is -1.02. The zero-order valence-corrected chi connectivity index (χ0v) is 21.1. The molecule has 8 atom stereocenters. The Bertz CT molecular complexity index is 1090. The van der Waals surface area contributed by atoms with Crippen molar-refractivity contribution in [1.82, 2.24) is 0 Å². The van der Waals surface area contributed by atoms with Gasteiger partial charge in [0.2, 0.25) is 0 Å². The second-order valence-electron chi connectivity index (χ2n) is 12.4. The van der Waals surface area contributed by atoms with Crippen LogP contribution in [0.3, 0.4) is 0 Å². The fourth-order valence-corrected chi connectivity index (χ4v) is 9.25. The van der Waals surface area contributed by atoms with E-state index in [1.165, 1.54) is 0 Å². The highest BCUT2D eigenvalue weighted by Crippen LogP contribution is 2.70. The van der Waals surface area contributed by atoms with Crippen molar-refractivity contribution in [3.63, 3.8) is 0 Å². The van der Waals surface area contributed by atoms with Crippen LogP contribution in [-0.4, -0.2) is 51.7 Å². The first kappa shape index (κ1) is 24.3. The predicted octanol–water partition coefficient (Wildman–Crippen LogP) is 4.48. The van der Waals surface area contributed by atoms with Crippen molar-refractivity contribution in [2.24, 2.45) is 38.8 Å². The Balaban J connectivity index is 1.34. The molecule has 194 valence electrons. The molecule has 4 saturated carbocycles. The number of benzene rings is 1. The van der Waals surface area contributed by atoms with Gasteiger partial charge in [-0.05, 0) is 86.8 Å². The number of cyclic esters (lactones) is 1.